The van der Waals surface area contributed by atoms with E-state index in [9.17, 15) is 14.4 Å². The predicted molar refractivity (Wildman–Crippen MR) is 175 cm³/mol. The molecule has 5 aromatic rings. The lowest BCUT2D eigenvalue weighted by Gasteiger charge is -2.26. The van der Waals surface area contributed by atoms with Crippen molar-refractivity contribution in [3.63, 3.8) is 0 Å². The summed E-state index contributed by atoms with van der Waals surface area (Å²) in [5, 5.41) is 0. The van der Waals surface area contributed by atoms with Gasteiger partial charge in [0.05, 0.1) is 41.1 Å². The van der Waals surface area contributed by atoms with Crippen LogP contribution in [0.2, 0.25) is 0 Å². The van der Waals surface area contributed by atoms with Crippen molar-refractivity contribution in [3.05, 3.63) is 139 Å². The van der Waals surface area contributed by atoms with Gasteiger partial charge in [0.25, 0.3) is 5.56 Å². The monoisotopic (exact) mass is 636 g/mol. The first-order chi connectivity index (χ1) is 21.9. The molecule has 10 heteroatoms. The summed E-state index contributed by atoms with van der Waals surface area (Å²) in [4.78, 5) is 45.9. The Morgan fingerprint density at radius 1 is 0.956 bits per heavy atom. The number of furan rings is 1. The Balaban J connectivity index is 1.50. The fourth-order valence-electron chi connectivity index (χ4n) is 5.15. The molecule has 8 nitrogen and oxygen atoms in total. The summed E-state index contributed by atoms with van der Waals surface area (Å²) in [6, 6.07) is 27.0. The molecule has 0 saturated heterocycles. The fraction of sp³-hybridized carbons (Fsp3) is 0.143. The number of carbonyl (C=O) groups is 2. The van der Waals surface area contributed by atoms with Crippen molar-refractivity contribution < 1.29 is 23.5 Å². The minimum atomic E-state index is -0.756. The van der Waals surface area contributed by atoms with E-state index in [-0.39, 0.29) is 12.2 Å². The van der Waals surface area contributed by atoms with Gasteiger partial charge in [0.1, 0.15) is 11.5 Å². The number of ether oxygens (including phenoxy) is 2. The predicted octanol–water partition coefficient (Wildman–Crippen LogP) is 5.70. The van der Waals surface area contributed by atoms with Gasteiger partial charge in [-0.15, -0.1) is 11.8 Å². The summed E-state index contributed by atoms with van der Waals surface area (Å²) in [5.74, 6) is 0.105. The van der Waals surface area contributed by atoms with Crippen LogP contribution in [0.1, 0.15) is 40.2 Å². The van der Waals surface area contributed by atoms with Gasteiger partial charge in [-0.1, -0.05) is 65.9 Å². The largest absolute Gasteiger partial charge is 0.465 e. The Hall–Kier alpha value is -4.93. The van der Waals surface area contributed by atoms with Gasteiger partial charge in [-0.25, -0.2) is 14.6 Å². The van der Waals surface area contributed by atoms with Gasteiger partial charge in [-0.3, -0.25) is 9.36 Å². The number of esters is 2. The van der Waals surface area contributed by atoms with Crippen molar-refractivity contribution in [2.45, 2.75) is 17.9 Å². The van der Waals surface area contributed by atoms with Crippen molar-refractivity contribution in [2.24, 2.45) is 4.99 Å². The van der Waals surface area contributed by atoms with E-state index in [2.05, 4.69) is 0 Å². The molecule has 0 saturated carbocycles. The lowest BCUT2D eigenvalue weighted by atomic mass is 9.93. The van der Waals surface area contributed by atoms with Gasteiger partial charge < -0.3 is 13.9 Å². The van der Waals surface area contributed by atoms with E-state index in [0.29, 0.717) is 37.7 Å². The number of rotatable bonds is 8. The molecule has 1 aliphatic rings. The standard InChI is InChI=1S/C35H28N2O6S2/c1-4-42-34(40)29-30(22-8-6-5-7-9-22)36-35-37(31(29)23-14-17-26(44-3)18-15-23)32(38)28(45-35)20-25-16-19-27(43-25)21-10-12-24(13-11-21)33(39)41-2/h5-20,31H,4H2,1-3H3/b28-20-/t31-/m0/s1. The van der Waals surface area contributed by atoms with Gasteiger partial charge in [0, 0.05) is 22.1 Å². The van der Waals surface area contributed by atoms with E-state index < -0.39 is 18.0 Å². The van der Waals surface area contributed by atoms with Crippen molar-refractivity contribution >= 4 is 46.8 Å². The van der Waals surface area contributed by atoms with Crippen LogP contribution in [0, 0.1) is 0 Å². The highest BCUT2D eigenvalue weighted by Gasteiger charge is 2.35. The molecule has 0 radical (unpaired) electrons. The topological polar surface area (TPSA) is 100 Å². The first kappa shape index (κ1) is 30.1. The normalized spacial score (nSPS) is 14.6. The number of thioether (sulfide) groups is 1. The van der Waals surface area contributed by atoms with E-state index in [4.69, 9.17) is 18.9 Å². The highest BCUT2D eigenvalue weighted by molar-refractivity contribution is 7.98. The zero-order valence-electron chi connectivity index (χ0n) is 24.7. The Kier molecular flexibility index (Phi) is 8.68. The summed E-state index contributed by atoms with van der Waals surface area (Å²) < 4.78 is 18.4. The molecule has 0 spiro atoms. The van der Waals surface area contributed by atoms with Crippen LogP contribution in [0.15, 0.2) is 116 Å². The molecule has 0 aliphatic carbocycles. The van der Waals surface area contributed by atoms with Crippen molar-refractivity contribution in [3.8, 4) is 11.3 Å². The number of nitrogens with zero attached hydrogens (tertiary/aromatic N) is 2. The third kappa shape index (κ3) is 5.94. The molecule has 6 rings (SSSR count). The van der Waals surface area contributed by atoms with E-state index in [1.54, 1.807) is 65.7 Å². The van der Waals surface area contributed by atoms with Crippen molar-refractivity contribution in [1.29, 1.82) is 0 Å². The number of carbonyl (C=O) groups excluding carboxylic acids is 2. The third-order valence-corrected chi connectivity index (χ3v) is 9.02. The summed E-state index contributed by atoms with van der Waals surface area (Å²) in [5.41, 5.74) is 3.19. The van der Waals surface area contributed by atoms with Gasteiger partial charge in [-0.2, -0.15) is 0 Å². The van der Waals surface area contributed by atoms with Crippen LogP contribution < -0.4 is 14.9 Å². The highest BCUT2D eigenvalue weighted by atomic mass is 32.2. The summed E-state index contributed by atoms with van der Waals surface area (Å²) in [6.07, 6.45) is 3.67. The maximum atomic E-state index is 14.1. The molecule has 0 bridgehead atoms. The van der Waals surface area contributed by atoms with E-state index >= 15 is 0 Å². The molecular weight excluding hydrogens is 609 g/mol. The van der Waals surface area contributed by atoms with Crippen LogP contribution >= 0.6 is 23.1 Å². The minimum Gasteiger partial charge on any atom is -0.465 e. The molecule has 3 aromatic carbocycles. The second kappa shape index (κ2) is 13.0. The van der Waals surface area contributed by atoms with Crippen LogP contribution in [0.3, 0.4) is 0 Å². The van der Waals surface area contributed by atoms with E-state index in [0.717, 1.165) is 21.6 Å². The molecular formula is C35H28N2O6S2. The number of benzene rings is 3. The minimum absolute atomic E-state index is 0.180. The third-order valence-electron chi connectivity index (χ3n) is 7.30. The summed E-state index contributed by atoms with van der Waals surface area (Å²) in [6.45, 7) is 1.93. The van der Waals surface area contributed by atoms with Crippen LogP contribution in [-0.2, 0) is 14.3 Å². The first-order valence-electron chi connectivity index (χ1n) is 14.1. The molecule has 0 fully saturated rings. The van der Waals surface area contributed by atoms with E-state index in [1.807, 2.05) is 60.9 Å². The Bertz CT molecular complexity index is 2090. The Labute approximate surface area is 267 Å². The van der Waals surface area contributed by atoms with Crippen LogP contribution in [0.4, 0.5) is 0 Å². The first-order valence-corrected chi connectivity index (χ1v) is 16.2. The van der Waals surface area contributed by atoms with Crippen LogP contribution in [0.5, 0.6) is 0 Å². The zero-order valence-corrected chi connectivity index (χ0v) is 26.3. The number of thiazole rings is 1. The highest BCUT2D eigenvalue weighted by Crippen LogP contribution is 2.35. The van der Waals surface area contributed by atoms with Gasteiger partial charge in [0.2, 0.25) is 0 Å². The smallest absolute Gasteiger partial charge is 0.338 e. The average Bonchev–Trinajstić information content (AvgIpc) is 3.68. The van der Waals surface area contributed by atoms with E-state index in [1.165, 1.54) is 18.4 Å². The zero-order chi connectivity index (χ0) is 31.5. The molecule has 3 heterocycles. The number of aromatic nitrogens is 1. The quantitative estimate of drug-likeness (QED) is 0.159. The lowest BCUT2D eigenvalue weighted by molar-refractivity contribution is -0.138. The second-order valence-electron chi connectivity index (χ2n) is 9.98. The molecule has 1 aliphatic heterocycles. The van der Waals surface area contributed by atoms with Crippen molar-refractivity contribution in [1.82, 2.24) is 4.57 Å². The van der Waals surface area contributed by atoms with Crippen molar-refractivity contribution in [2.75, 3.05) is 20.0 Å². The summed E-state index contributed by atoms with van der Waals surface area (Å²) >= 11 is 2.84. The Morgan fingerprint density at radius 2 is 1.69 bits per heavy atom. The van der Waals surface area contributed by atoms with Gasteiger partial charge in [0.15, 0.2) is 4.80 Å². The number of fused-ring (bicyclic) bond motifs is 1. The van der Waals surface area contributed by atoms with Crippen LogP contribution in [0.25, 0.3) is 23.1 Å². The SMILES string of the molecule is CCOC(=O)C1=C(c2ccccc2)N=c2s/c(=C\c3ccc(-c4ccc(C(=O)OC)cc4)o3)c(=O)n2[C@H]1c1ccc(SC)cc1. The molecule has 0 N–H and O–H groups in total. The molecule has 1 atom stereocenters. The summed E-state index contributed by atoms with van der Waals surface area (Å²) in [7, 11) is 1.34. The fourth-order valence-corrected chi connectivity index (χ4v) is 6.53. The maximum Gasteiger partial charge on any atom is 0.338 e. The molecule has 226 valence electrons. The number of hydrogen-bond donors (Lipinski definition) is 0. The Morgan fingerprint density at radius 3 is 2.36 bits per heavy atom. The lowest BCUT2D eigenvalue weighted by Crippen LogP contribution is -2.40. The van der Waals surface area contributed by atoms with Crippen LogP contribution in [-0.4, -0.2) is 36.5 Å². The number of hydrogen-bond acceptors (Lipinski definition) is 9. The molecule has 45 heavy (non-hydrogen) atoms. The van der Waals surface area contributed by atoms with Gasteiger partial charge >= 0.3 is 11.9 Å². The molecule has 2 aromatic heterocycles. The average molecular weight is 637 g/mol. The second-order valence-corrected chi connectivity index (χ2v) is 11.9. The molecule has 0 unspecified atom stereocenters. The maximum absolute atomic E-state index is 14.1. The number of methoxy groups -OCH3 is 1. The van der Waals surface area contributed by atoms with Gasteiger partial charge in [-0.05, 0) is 55.1 Å². The molecule has 0 amide bonds.